The van der Waals surface area contributed by atoms with E-state index < -0.39 is 48.0 Å². The van der Waals surface area contributed by atoms with Crippen LogP contribution in [0.15, 0.2) is 36.4 Å². The molecule has 3 rings (SSSR count). The summed E-state index contributed by atoms with van der Waals surface area (Å²) in [5.74, 6) is -4.41. The van der Waals surface area contributed by atoms with Crippen molar-refractivity contribution in [1.29, 1.82) is 0 Å². The zero-order valence-electron chi connectivity index (χ0n) is 22.9. The first-order chi connectivity index (χ1) is 18.8. The summed E-state index contributed by atoms with van der Waals surface area (Å²) in [7, 11) is 1.45. The van der Waals surface area contributed by atoms with Crippen molar-refractivity contribution in [3.63, 3.8) is 0 Å². The molecule has 0 aliphatic carbocycles. The van der Waals surface area contributed by atoms with E-state index in [1.165, 1.54) is 60.0 Å². The summed E-state index contributed by atoms with van der Waals surface area (Å²) in [5, 5.41) is 33.8. The van der Waals surface area contributed by atoms with Crippen molar-refractivity contribution in [2.75, 3.05) is 7.05 Å². The molecular weight excluding hydrogens is 527 g/mol. The normalized spacial score (nSPS) is 12.9. The molecule has 1 heterocycles. The summed E-state index contributed by atoms with van der Waals surface area (Å²) in [6.45, 7) is 4.94. The van der Waals surface area contributed by atoms with Gasteiger partial charge in [0.2, 0.25) is 0 Å². The maximum absolute atomic E-state index is 14.5. The number of rotatable bonds is 12. The lowest BCUT2D eigenvalue weighted by molar-refractivity contribution is -0.139. The fourth-order valence-electron chi connectivity index (χ4n) is 4.60. The Kier molecular flexibility index (Phi) is 10.1. The summed E-state index contributed by atoms with van der Waals surface area (Å²) in [6.07, 6.45) is -2.59. The Morgan fingerprint density at radius 3 is 2.25 bits per heavy atom. The summed E-state index contributed by atoms with van der Waals surface area (Å²) in [4.78, 5) is 25.7. The molecule has 1 aromatic heterocycles. The Bertz CT molecular complexity index is 1360. The van der Waals surface area contributed by atoms with Gasteiger partial charge in [0.1, 0.15) is 5.82 Å². The lowest BCUT2D eigenvalue weighted by atomic mass is 9.95. The lowest BCUT2D eigenvalue weighted by Crippen LogP contribution is -2.28. The van der Waals surface area contributed by atoms with Crippen molar-refractivity contribution in [2.45, 2.75) is 71.1 Å². The first-order valence-corrected chi connectivity index (χ1v) is 12.9. The molecule has 0 radical (unpaired) electrons. The Labute approximate surface area is 230 Å². The van der Waals surface area contributed by atoms with Gasteiger partial charge in [0.25, 0.3) is 5.91 Å². The van der Waals surface area contributed by atoms with E-state index in [0.29, 0.717) is 16.9 Å². The van der Waals surface area contributed by atoms with Crippen LogP contribution < -0.4 is 0 Å². The second kappa shape index (κ2) is 13.1. The molecule has 0 aliphatic rings. The highest BCUT2D eigenvalue weighted by Gasteiger charge is 2.29. The van der Waals surface area contributed by atoms with E-state index in [9.17, 15) is 33.0 Å². The van der Waals surface area contributed by atoms with Crippen LogP contribution in [0.1, 0.15) is 71.9 Å². The van der Waals surface area contributed by atoms with Gasteiger partial charge >= 0.3 is 5.97 Å². The number of aryl methyl sites for hydroxylation is 1. The van der Waals surface area contributed by atoms with Gasteiger partial charge in [-0.15, -0.1) is 0 Å². The summed E-state index contributed by atoms with van der Waals surface area (Å²) < 4.78 is 43.8. The highest BCUT2D eigenvalue weighted by Crippen LogP contribution is 2.30. The van der Waals surface area contributed by atoms with Gasteiger partial charge in [0.15, 0.2) is 17.3 Å². The third-order valence-corrected chi connectivity index (χ3v) is 6.65. The van der Waals surface area contributed by atoms with Crippen LogP contribution in [0.2, 0.25) is 0 Å². The van der Waals surface area contributed by atoms with Gasteiger partial charge in [-0.1, -0.05) is 26.0 Å². The van der Waals surface area contributed by atoms with Crippen LogP contribution in [0, 0.1) is 24.4 Å². The van der Waals surface area contributed by atoms with Crippen molar-refractivity contribution < 1.29 is 38.1 Å². The zero-order valence-corrected chi connectivity index (χ0v) is 22.9. The molecule has 0 aliphatic heterocycles. The minimum absolute atomic E-state index is 0.00581. The number of carboxylic acids is 1. The molecular formula is C29H34F3N3O5. The van der Waals surface area contributed by atoms with E-state index in [1.807, 2.05) is 13.8 Å². The maximum atomic E-state index is 14.5. The molecule has 216 valence electrons. The van der Waals surface area contributed by atoms with E-state index in [-0.39, 0.29) is 48.5 Å². The van der Waals surface area contributed by atoms with Gasteiger partial charge < -0.3 is 20.2 Å². The number of hydrogen-bond acceptors (Lipinski definition) is 5. The summed E-state index contributed by atoms with van der Waals surface area (Å²) in [6, 6.07) is 8.33. The number of carboxylic acid groups (broad SMARTS) is 1. The van der Waals surface area contributed by atoms with Crippen LogP contribution >= 0.6 is 0 Å². The average molecular weight is 562 g/mol. The molecule has 0 saturated heterocycles. The van der Waals surface area contributed by atoms with Crippen LogP contribution in [-0.4, -0.2) is 61.1 Å². The number of amides is 1. The standard InChI is InChI=1S/C29H34F3N3O5/c1-16(2)25-23(12-11-21(36)13-22(37)14-24(38)39)35(20-9-7-19(30)8-10-20)33-28(25)29(40)34(4)15-18-6-5-17(3)26(31)27(18)32/h5-10,16,21-22,36-37H,11-15H2,1-4H3,(H,38,39). The Morgan fingerprint density at radius 2 is 1.65 bits per heavy atom. The number of hydrogen-bond donors (Lipinski definition) is 3. The van der Waals surface area contributed by atoms with Gasteiger partial charge in [0, 0.05) is 30.4 Å². The molecule has 0 bridgehead atoms. The van der Waals surface area contributed by atoms with Crippen LogP contribution in [0.4, 0.5) is 13.2 Å². The minimum atomic E-state index is -1.23. The van der Waals surface area contributed by atoms with Crippen LogP contribution in [0.5, 0.6) is 0 Å². The summed E-state index contributed by atoms with van der Waals surface area (Å²) >= 11 is 0. The fourth-order valence-corrected chi connectivity index (χ4v) is 4.60. The van der Waals surface area contributed by atoms with Crippen molar-refractivity contribution in [1.82, 2.24) is 14.7 Å². The smallest absolute Gasteiger partial charge is 0.305 e. The number of halogens is 3. The number of benzene rings is 2. The van der Waals surface area contributed by atoms with Crippen molar-refractivity contribution >= 4 is 11.9 Å². The topological polar surface area (TPSA) is 116 Å². The predicted molar refractivity (Wildman–Crippen MR) is 142 cm³/mol. The third-order valence-electron chi connectivity index (χ3n) is 6.65. The molecule has 0 fully saturated rings. The van der Waals surface area contributed by atoms with E-state index in [4.69, 9.17) is 5.11 Å². The largest absolute Gasteiger partial charge is 0.481 e. The molecule has 2 atom stereocenters. The Morgan fingerprint density at radius 1 is 1.00 bits per heavy atom. The van der Waals surface area contributed by atoms with Crippen LogP contribution in [-0.2, 0) is 17.8 Å². The van der Waals surface area contributed by atoms with Crippen molar-refractivity contribution in [2.24, 2.45) is 0 Å². The van der Waals surface area contributed by atoms with E-state index >= 15 is 0 Å². The summed E-state index contributed by atoms with van der Waals surface area (Å²) in [5.41, 5.74) is 1.83. The van der Waals surface area contributed by atoms with Gasteiger partial charge in [-0.05, 0) is 61.9 Å². The molecule has 1 amide bonds. The molecule has 11 heteroatoms. The average Bonchev–Trinajstić information content (AvgIpc) is 3.27. The molecule has 0 spiro atoms. The Balaban J connectivity index is 1.98. The number of aliphatic hydroxyl groups is 2. The minimum Gasteiger partial charge on any atom is -0.481 e. The first kappa shape index (κ1) is 30.8. The highest BCUT2D eigenvalue weighted by molar-refractivity contribution is 5.94. The molecule has 8 nitrogen and oxygen atoms in total. The van der Waals surface area contributed by atoms with Crippen LogP contribution in [0.25, 0.3) is 5.69 Å². The van der Waals surface area contributed by atoms with E-state index in [2.05, 4.69) is 5.10 Å². The fraction of sp³-hybridized carbons (Fsp3) is 0.414. The maximum Gasteiger partial charge on any atom is 0.305 e. The van der Waals surface area contributed by atoms with Gasteiger partial charge in [0.05, 0.1) is 24.3 Å². The van der Waals surface area contributed by atoms with Gasteiger partial charge in [-0.25, -0.2) is 17.9 Å². The van der Waals surface area contributed by atoms with Gasteiger partial charge in [-0.3, -0.25) is 9.59 Å². The highest BCUT2D eigenvalue weighted by atomic mass is 19.2. The number of aliphatic carboxylic acids is 1. The third kappa shape index (κ3) is 7.28. The second-order valence-corrected chi connectivity index (χ2v) is 10.3. The first-order valence-electron chi connectivity index (χ1n) is 12.9. The van der Waals surface area contributed by atoms with Crippen LogP contribution in [0.3, 0.4) is 0 Å². The quantitative estimate of drug-likeness (QED) is 0.300. The number of aromatic nitrogens is 2. The molecule has 3 N–H and O–H groups in total. The number of aliphatic hydroxyl groups excluding tert-OH is 2. The number of nitrogens with zero attached hydrogens (tertiary/aromatic N) is 3. The predicted octanol–water partition coefficient (Wildman–Crippen LogP) is 4.51. The second-order valence-electron chi connectivity index (χ2n) is 10.3. The number of carbonyl (C=O) groups excluding carboxylic acids is 1. The van der Waals surface area contributed by atoms with Gasteiger partial charge in [-0.2, -0.15) is 5.10 Å². The molecule has 0 saturated carbocycles. The monoisotopic (exact) mass is 561 g/mol. The molecule has 40 heavy (non-hydrogen) atoms. The Hall–Kier alpha value is -3.70. The SMILES string of the molecule is Cc1ccc(CN(C)C(=O)c2nn(-c3ccc(F)cc3)c(CCC(O)CC(O)CC(=O)O)c2C(C)C)c(F)c1F. The van der Waals surface area contributed by atoms with Crippen molar-refractivity contribution in [3.05, 3.63) is 81.9 Å². The zero-order chi connectivity index (χ0) is 29.7. The van der Waals surface area contributed by atoms with E-state index in [0.717, 1.165) is 0 Å². The molecule has 2 aromatic carbocycles. The van der Waals surface area contributed by atoms with Crippen molar-refractivity contribution in [3.8, 4) is 5.69 Å². The molecule has 2 unspecified atom stereocenters. The lowest BCUT2D eigenvalue weighted by Gasteiger charge is -2.19. The van der Waals surface area contributed by atoms with E-state index in [1.54, 1.807) is 0 Å². The number of carbonyl (C=O) groups is 2. The molecule has 3 aromatic rings.